The van der Waals surface area contributed by atoms with E-state index in [9.17, 15) is 0 Å². The molecule has 2 aliphatic heterocycles. The quantitative estimate of drug-likeness (QED) is 0.629. The summed E-state index contributed by atoms with van der Waals surface area (Å²) in [6, 6.07) is 1.52. The molecular weight excluding hydrogens is 210 g/mol. The average Bonchev–Trinajstić information content (AvgIpc) is 2.90. The Morgan fingerprint density at radius 2 is 2.00 bits per heavy atom. The number of hydrogen-bond donors (Lipinski definition) is 0. The third-order valence-corrected chi connectivity index (χ3v) is 4.56. The van der Waals surface area contributed by atoms with Gasteiger partial charge in [0.15, 0.2) is 0 Å². The van der Waals surface area contributed by atoms with Gasteiger partial charge in [0.2, 0.25) is 0 Å². The molecule has 0 spiro atoms. The molecule has 17 heavy (non-hydrogen) atoms. The summed E-state index contributed by atoms with van der Waals surface area (Å²) < 4.78 is 5.77. The molecule has 1 unspecified atom stereocenters. The molecule has 0 aliphatic carbocycles. The zero-order valence-corrected chi connectivity index (χ0v) is 11.7. The summed E-state index contributed by atoms with van der Waals surface area (Å²) in [6.45, 7) is 6.97. The van der Waals surface area contributed by atoms with Gasteiger partial charge in [-0.3, -0.25) is 4.90 Å². The number of fused-ring (bicyclic) bond motifs is 1. The van der Waals surface area contributed by atoms with Crippen LogP contribution in [0.4, 0.5) is 0 Å². The summed E-state index contributed by atoms with van der Waals surface area (Å²) >= 11 is 0. The van der Waals surface area contributed by atoms with Crippen LogP contribution in [0.2, 0.25) is 0 Å². The van der Waals surface area contributed by atoms with Crippen LogP contribution in [0.15, 0.2) is 0 Å². The zero-order valence-electron chi connectivity index (χ0n) is 11.7. The van der Waals surface area contributed by atoms with Crippen molar-refractivity contribution in [3.8, 4) is 0 Å². The zero-order chi connectivity index (χ0) is 12.1. The van der Waals surface area contributed by atoms with E-state index < -0.39 is 0 Å². The van der Waals surface area contributed by atoms with Crippen molar-refractivity contribution in [1.82, 2.24) is 4.90 Å². The third kappa shape index (κ3) is 3.45. The molecule has 0 bridgehead atoms. The highest BCUT2D eigenvalue weighted by molar-refractivity contribution is 4.93. The van der Waals surface area contributed by atoms with Crippen molar-refractivity contribution in [2.24, 2.45) is 0 Å². The molecule has 100 valence electrons. The molecule has 2 aliphatic rings. The normalized spacial score (nSPS) is 30.7. The molecular formula is C15H29NO. The van der Waals surface area contributed by atoms with Gasteiger partial charge in [-0.25, -0.2) is 0 Å². The minimum atomic E-state index is 0.567. The van der Waals surface area contributed by atoms with Crippen LogP contribution in [0.5, 0.6) is 0 Å². The van der Waals surface area contributed by atoms with E-state index in [4.69, 9.17) is 4.74 Å². The van der Waals surface area contributed by atoms with Crippen molar-refractivity contribution in [2.75, 3.05) is 13.2 Å². The predicted molar refractivity (Wildman–Crippen MR) is 72.3 cm³/mol. The van der Waals surface area contributed by atoms with Crippen molar-refractivity contribution in [2.45, 2.75) is 83.4 Å². The van der Waals surface area contributed by atoms with E-state index in [-0.39, 0.29) is 0 Å². The highest BCUT2D eigenvalue weighted by atomic mass is 16.5. The number of rotatable bonds is 7. The molecule has 0 N–H and O–H groups in total. The van der Waals surface area contributed by atoms with Gasteiger partial charge in [-0.15, -0.1) is 0 Å². The topological polar surface area (TPSA) is 12.5 Å². The molecule has 2 nitrogen and oxygen atoms in total. The maximum atomic E-state index is 5.77. The van der Waals surface area contributed by atoms with Crippen LogP contribution < -0.4 is 0 Å². The average molecular weight is 239 g/mol. The fraction of sp³-hybridized carbons (Fsp3) is 1.00. The van der Waals surface area contributed by atoms with Crippen LogP contribution in [0.3, 0.4) is 0 Å². The largest absolute Gasteiger partial charge is 0.376 e. The molecule has 2 heterocycles. The van der Waals surface area contributed by atoms with Gasteiger partial charge < -0.3 is 4.74 Å². The highest BCUT2D eigenvalue weighted by Crippen LogP contribution is 2.31. The van der Waals surface area contributed by atoms with Crippen LogP contribution >= 0.6 is 0 Å². The fourth-order valence-electron chi connectivity index (χ4n) is 3.49. The molecule has 2 fully saturated rings. The first-order valence-electron chi connectivity index (χ1n) is 7.70. The van der Waals surface area contributed by atoms with E-state index in [2.05, 4.69) is 18.7 Å². The molecule has 0 amide bonds. The van der Waals surface area contributed by atoms with Gasteiger partial charge in [0, 0.05) is 25.2 Å². The van der Waals surface area contributed by atoms with Crippen molar-refractivity contribution >= 4 is 0 Å². The van der Waals surface area contributed by atoms with Crippen molar-refractivity contribution in [1.29, 1.82) is 0 Å². The lowest BCUT2D eigenvalue weighted by Crippen LogP contribution is -2.38. The summed E-state index contributed by atoms with van der Waals surface area (Å²) in [5.41, 5.74) is 0. The first kappa shape index (κ1) is 13.4. The lowest BCUT2D eigenvalue weighted by molar-refractivity contribution is 0.0996. The van der Waals surface area contributed by atoms with E-state index >= 15 is 0 Å². The van der Waals surface area contributed by atoms with Gasteiger partial charge >= 0.3 is 0 Å². The van der Waals surface area contributed by atoms with E-state index in [1.807, 2.05) is 0 Å². The van der Waals surface area contributed by atoms with Crippen LogP contribution in [0.25, 0.3) is 0 Å². The van der Waals surface area contributed by atoms with Crippen molar-refractivity contribution in [3.63, 3.8) is 0 Å². The maximum Gasteiger partial charge on any atom is 0.0743 e. The van der Waals surface area contributed by atoms with Crippen LogP contribution in [0, 0.1) is 0 Å². The summed E-state index contributed by atoms with van der Waals surface area (Å²) in [4.78, 5) is 2.72. The van der Waals surface area contributed by atoms with E-state index in [1.54, 1.807) is 0 Å². The molecule has 3 atom stereocenters. The highest BCUT2D eigenvalue weighted by Gasteiger charge is 2.40. The molecule has 0 aromatic heterocycles. The van der Waals surface area contributed by atoms with Gasteiger partial charge in [0.25, 0.3) is 0 Å². The van der Waals surface area contributed by atoms with Crippen molar-refractivity contribution in [3.05, 3.63) is 0 Å². The predicted octanol–water partition coefficient (Wildman–Crippen LogP) is 3.60. The minimum absolute atomic E-state index is 0.567. The first-order valence-corrected chi connectivity index (χ1v) is 7.70. The molecule has 0 saturated carbocycles. The van der Waals surface area contributed by atoms with Gasteiger partial charge in [-0.05, 0) is 26.2 Å². The number of nitrogens with zero attached hydrogens (tertiary/aromatic N) is 1. The van der Waals surface area contributed by atoms with Gasteiger partial charge in [0.05, 0.1) is 6.10 Å². The molecule has 2 rings (SSSR count). The molecule has 0 radical (unpaired) electrons. The van der Waals surface area contributed by atoms with E-state index in [0.29, 0.717) is 6.10 Å². The van der Waals surface area contributed by atoms with Crippen LogP contribution in [0.1, 0.15) is 65.2 Å². The summed E-state index contributed by atoms with van der Waals surface area (Å²) in [6.07, 6.45) is 11.5. The lowest BCUT2D eigenvalue weighted by Gasteiger charge is -2.29. The monoisotopic (exact) mass is 239 g/mol. The number of hydrogen-bond acceptors (Lipinski definition) is 2. The molecule has 0 aromatic carbocycles. The van der Waals surface area contributed by atoms with Crippen LogP contribution in [-0.2, 0) is 4.74 Å². The molecule has 2 saturated heterocycles. The minimum Gasteiger partial charge on any atom is -0.376 e. The van der Waals surface area contributed by atoms with E-state index in [0.717, 1.165) is 18.7 Å². The number of likely N-dealkylation sites (tertiary alicyclic amines) is 1. The maximum absolute atomic E-state index is 5.77. The SMILES string of the molecule is CCCCCCCC(C)N1CC[C@H]2OCC[C@H]21. The summed E-state index contributed by atoms with van der Waals surface area (Å²) in [5, 5.41) is 0. The van der Waals surface area contributed by atoms with Gasteiger partial charge in [-0.2, -0.15) is 0 Å². The Morgan fingerprint density at radius 3 is 2.82 bits per heavy atom. The summed E-state index contributed by atoms with van der Waals surface area (Å²) in [7, 11) is 0. The standard InChI is InChI=1S/C15H29NO/c1-3-4-5-6-7-8-13(2)16-11-9-15-14(16)10-12-17-15/h13-15H,3-12H2,1-2H3/t13?,14-,15-/m1/s1. The molecule has 2 heteroatoms. The Balaban J connectivity index is 1.64. The first-order chi connectivity index (χ1) is 8.33. The molecule has 0 aromatic rings. The van der Waals surface area contributed by atoms with E-state index in [1.165, 1.54) is 57.9 Å². The Bertz CT molecular complexity index is 219. The lowest BCUT2D eigenvalue weighted by atomic mass is 10.0. The number of unbranched alkanes of at least 4 members (excludes halogenated alkanes) is 4. The van der Waals surface area contributed by atoms with Gasteiger partial charge in [-0.1, -0.05) is 39.0 Å². The second kappa shape index (κ2) is 6.75. The fourth-order valence-corrected chi connectivity index (χ4v) is 3.49. The Kier molecular flexibility index (Phi) is 5.30. The van der Waals surface area contributed by atoms with Crippen LogP contribution in [-0.4, -0.2) is 36.2 Å². The number of ether oxygens (including phenoxy) is 1. The second-order valence-corrected chi connectivity index (χ2v) is 5.84. The third-order valence-electron chi connectivity index (χ3n) is 4.56. The summed E-state index contributed by atoms with van der Waals surface area (Å²) in [5.74, 6) is 0. The Labute approximate surface area is 107 Å². The Morgan fingerprint density at radius 1 is 1.18 bits per heavy atom. The van der Waals surface area contributed by atoms with Gasteiger partial charge in [0.1, 0.15) is 0 Å². The second-order valence-electron chi connectivity index (χ2n) is 5.84. The Hall–Kier alpha value is -0.0800. The van der Waals surface area contributed by atoms with Crippen molar-refractivity contribution < 1.29 is 4.74 Å². The smallest absolute Gasteiger partial charge is 0.0743 e.